The molecule has 2 aromatic rings. The lowest BCUT2D eigenvalue weighted by Crippen LogP contribution is -2.52. The van der Waals surface area contributed by atoms with E-state index in [1.165, 1.54) is 4.90 Å². The smallest absolute Gasteiger partial charge is 0.244 e. The van der Waals surface area contributed by atoms with Gasteiger partial charge in [0, 0.05) is 12.6 Å². The number of rotatable bonds is 10. The average molecular weight is 488 g/mol. The molecule has 7 nitrogen and oxygen atoms in total. The number of anilines is 1. The summed E-state index contributed by atoms with van der Waals surface area (Å²) < 4.78 is 26.4. The monoisotopic (exact) mass is 487 g/mol. The van der Waals surface area contributed by atoms with Crippen molar-refractivity contribution in [2.24, 2.45) is 0 Å². The van der Waals surface area contributed by atoms with Crippen molar-refractivity contribution in [3.63, 3.8) is 0 Å². The first-order chi connectivity index (χ1) is 15.8. The van der Waals surface area contributed by atoms with Gasteiger partial charge in [-0.3, -0.25) is 13.9 Å². The molecule has 34 heavy (non-hydrogen) atoms. The first-order valence-corrected chi connectivity index (χ1v) is 13.4. The molecule has 0 bridgehead atoms. The second kappa shape index (κ2) is 11.5. The van der Waals surface area contributed by atoms with E-state index < -0.39 is 28.5 Å². The van der Waals surface area contributed by atoms with Crippen molar-refractivity contribution in [2.45, 2.75) is 66.6 Å². The predicted molar refractivity (Wildman–Crippen MR) is 137 cm³/mol. The molecule has 0 saturated carbocycles. The molecule has 0 fully saturated rings. The number of carbonyl (C=O) groups excluding carboxylic acids is 2. The number of benzene rings is 2. The molecule has 0 radical (unpaired) electrons. The molecular weight excluding hydrogens is 450 g/mol. The van der Waals surface area contributed by atoms with E-state index in [9.17, 15) is 18.0 Å². The van der Waals surface area contributed by atoms with Crippen LogP contribution < -0.4 is 9.62 Å². The second-order valence-electron chi connectivity index (χ2n) is 8.98. The van der Waals surface area contributed by atoms with Crippen LogP contribution in [0.2, 0.25) is 0 Å². The van der Waals surface area contributed by atoms with E-state index in [-0.39, 0.29) is 18.5 Å². The van der Waals surface area contributed by atoms with Crippen LogP contribution in [0.5, 0.6) is 0 Å². The number of carbonyl (C=O) groups is 2. The summed E-state index contributed by atoms with van der Waals surface area (Å²) >= 11 is 0. The third-order valence-electron chi connectivity index (χ3n) is 6.23. The quantitative estimate of drug-likeness (QED) is 0.554. The molecule has 0 aromatic heterocycles. The molecule has 0 aliphatic rings. The fourth-order valence-electron chi connectivity index (χ4n) is 3.51. The Morgan fingerprint density at radius 1 is 0.971 bits per heavy atom. The fraction of sp³-hybridized carbons (Fsp3) is 0.462. The number of nitrogens with zero attached hydrogens (tertiary/aromatic N) is 2. The van der Waals surface area contributed by atoms with Crippen molar-refractivity contribution in [3.8, 4) is 0 Å². The van der Waals surface area contributed by atoms with Crippen molar-refractivity contribution in [3.05, 3.63) is 64.7 Å². The minimum atomic E-state index is -3.74. The predicted octanol–water partition coefficient (Wildman–Crippen LogP) is 3.71. The van der Waals surface area contributed by atoms with Crippen LogP contribution in [0.4, 0.5) is 5.69 Å². The van der Waals surface area contributed by atoms with Crippen LogP contribution in [-0.4, -0.2) is 50.0 Å². The van der Waals surface area contributed by atoms with Gasteiger partial charge in [-0.05, 0) is 75.4 Å². The Kier molecular flexibility index (Phi) is 9.27. The van der Waals surface area contributed by atoms with Crippen molar-refractivity contribution >= 4 is 27.5 Å². The van der Waals surface area contributed by atoms with E-state index in [0.29, 0.717) is 5.69 Å². The standard InChI is InChI=1S/C26H37N3O4S/c1-8-21(5)27-26(31)22(6)28(16-23-12-10-9-11-19(23)3)25(30)17-29(34(7,32)33)24-14-13-18(2)20(4)15-24/h9-15,21-22H,8,16-17H2,1-7H3,(H,27,31)/t21-,22-/m0/s1. The normalized spacial score (nSPS) is 13.1. The molecule has 0 unspecified atom stereocenters. The zero-order chi connectivity index (χ0) is 25.6. The van der Waals surface area contributed by atoms with Gasteiger partial charge in [-0.2, -0.15) is 0 Å². The van der Waals surface area contributed by atoms with Gasteiger partial charge in [-0.25, -0.2) is 8.42 Å². The van der Waals surface area contributed by atoms with Crippen LogP contribution in [0.1, 0.15) is 49.4 Å². The minimum Gasteiger partial charge on any atom is -0.352 e. The molecule has 0 spiro atoms. The molecule has 8 heteroatoms. The molecule has 2 atom stereocenters. The van der Waals surface area contributed by atoms with Gasteiger partial charge in [0.05, 0.1) is 11.9 Å². The first-order valence-electron chi connectivity index (χ1n) is 11.5. The van der Waals surface area contributed by atoms with E-state index in [2.05, 4.69) is 5.32 Å². The lowest BCUT2D eigenvalue weighted by atomic mass is 10.1. The van der Waals surface area contributed by atoms with Crippen molar-refractivity contribution in [2.75, 3.05) is 17.1 Å². The number of amides is 2. The molecule has 0 heterocycles. The number of nitrogens with one attached hydrogen (secondary N) is 1. The van der Waals surface area contributed by atoms with E-state index in [1.54, 1.807) is 19.1 Å². The maximum Gasteiger partial charge on any atom is 0.244 e. The Morgan fingerprint density at radius 3 is 2.18 bits per heavy atom. The minimum absolute atomic E-state index is 0.0339. The van der Waals surface area contributed by atoms with Crippen LogP contribution in [0.15, 0.2) is 42.5 Å². The van der Waals surface area contributed by atoms with Crippen LogP contribution in [0.25, 0.3) is 0 Å². The van der Waals surface area contributed by atoms with Crippen LogP contribution >= 0.6 is 0 Å². The van der Waals surface area contributed by atoms with Crippen molar-refractivity contribution < 1.29 is 18.0 Å². The van der Waals surface area contributed by atoms with Crippen LogP contribution in [0.3, 0.4) is 0 Å². The van der Waals surface area contributed by atoms with E-state index >= 15 is 0 Å². The van der Waals surface area contributed by atoms with Gasteiger partial charge in [0.15, 0.2) is 0 Å². The largest absolute Gasteiger partial charge is 0.352 e. The highest BCUT2D eigenvalue weighted by Gasteiger charge is 2.30. The van der Waals surface area contributed by atoms with Gasteiger partial charge in [0.1, 0.15) is 12.6 Å². The van der Waals surface area contributed by atoms with Gasteiger partial charge >= 0.3 is 0 Å². The third kappa shape index (κ3) is 7.06. The summed E-state index contributed by atoms with van der Waals surface area (Å²) in [6, 6.07) is 12.1. The molecule has 2 amide bonds. The second-order valence-corrected chi connectivity index (χ2v) is 10.9. The van der Waals surface area contributed by atoms with Crippen molar-refractivity contribution in [1.82, 2.24) is 10.2 Å². The summed E-state index contributed by atoms with van der Waals surface area (Å²) in [6.45, 7) is 11.1. The Hall–Kier alpha value is -2.87. The third-order valence-corrected chi connectivity index (χ3v) is 7.37. The zero-order valence-electron chi connectivity index (χ0n) is 21.3. The first kappa shape index (κ1) is 27.4. The number of aryl methyl sites for hydroxylation is 3. The van der Waals surface area contributed by atoms with Crippen molar-refractivity contribution in [1.29, 1.82) is 0 Å². The summed E-state index contributed by atoms with van der Waals surface area (Å²) in [7, 11) is -3.74. The molecule has 0 saturated heterocycles. The topological polar surface area (TPSA) is 86.8 Å². The molecule has 186 valence electrons. The summed E-state index contributed by atoms with van der Waals surface area (Å²) in [5.74, 6) is -0.716. The molecule has 2 aromatic carbocycles. The number of sulfonamides is 1. The SMILES string of the molecule is CC[C@H](C)NC(=O)[C@H](C)N(Cc1ccccc1C)C(=O)CN(c1ccc(C)c(C)c1)S(C)(=O)=O. The Bertz CT molecular complexity index is 1130. The van der Waals surface area contributed by atoms with Crippen LogP contribution in [-0.2, 0) is 26.2 Å². The highest BCUT2D eigenvalue weighted by molar-refractivity contribution is 7.92. The summed E-state index contributed by atoms with van der Waals surface area (Å²) in [5.41, 5.74) is 4.27. The summed E-state index contributed by atoms with van der Waals surface area (Å²) in [6.07, 6.45) is 1.85. The maximum absolute atomic E-state index is 13.6. The fourth-order valence-corrected chi connectivity index (χ4v) is 4.36. The molecule has 0 aliphatic carbocycles. The van der Waals surface area contributed by atoms with E-state index in [4.69, 9.17) is 0 Å². The molecular formula is C26H37N3O4S. The highest BCUT2D eigenvalue weighted by Crippen LogP contribution is 2.22. The highest BCUT2D eigenvalue weighted by atomic mass is 32.2. The lowest BCUT2D eigenvalue weighted by molar-refractivity contribution is -0.139. The van der Waals surface area contributed by atoms with E-state index in [1.807, 2.05) is 65.0 Å². The maximum atomic E-state index is 13.6. The molecule has 2 rings (SSSR count). The van der Waals surface area contributed by atoms with Gasteiger partial charge in [-0.15, -0.1) is 0 Å². The molecule has 0 aliphatic heterocycles. The van der Waals surface area contributed by atoms with Gasteiger partial charge in [0.25, 0.3) is 0 Å². The number of hydrogen-bond donors (Lipinski definition) is 1. The summed E-state index contributed by atoms with van der Waals surface area (Å²) in [5, 5.41) is 2.93. The number of hydrogen-bond acceptors (Lipinski definition) is 4. The molecule has 1 N–H and O–H groups in total. The Morgan fingerprint density at radius 2 is 1.62 bits per heavy atom. The van der Waals surface area contributed by atoms with Gasteiger partial charge in [-0.1, -0.05) is 37.3 Å². The summed E-state index contributed by atoms with van der Waals surface area (Å²) in [4.78, 5) is 28.0. The van der Waals surface area contributed by atoms with E-state index in [0.717, 1.165) is 39.2 Å². The van der Waals surface area contributed by atoms with Crippen LogP contribution in [0, 0.1) is 20.8 Å². The van der Waals surface area contributed by atoms with Gasteiger partial charge in [0.2, 0.25) is 21.8 Å². The lowest BCUT2D eigenvalue weighted by Gasteiger charge is -2.32. The Labute approximate surface area is 204 Å². The average Bonchev–Trinajstić information content (AvgIpc) is 2.77. The van der Waals surface area contributed by atoms with Gasteiger partial charge < -0.3 is 10.2 Å². The Balaban J connectivity index is 2.42. The zero-order valence-corrected chi connectivity index (χ0v) is 22.1.